The fourth-order valence-corrected chi connectivity index (χ4v) is 5.66. The van der Waals surface area contributed by atoms with E-state index in [0.29, 0.717) is 11.6 Å². The van der Waals surface area contributed by atoms with Crippen LogP contribution in [-0.2, 0) is 13.2 Å². The summed E-state index contributed by atoms with van der Waals surface area (Å²) in [6.45, 7) is 6.64. The number of ether oxygens (including phenoxy) is 2. The number of piperidine rings is 2. The summed E-state index contributed by atoms with van der Waals surface area (Å²) in [4.78, 5) is 5.04. The number of hydrogen-bond acceptors (Lipinski definition) is 5. The molecule has 2 fully saturated rings. The van der Waals surface area contributed by atoms with Crippen molar-refractivity contribution < 1.29 is 9.47 Å². The van der Waals surface area contributed by atoms with E-state index in [9.17, 15) is 0 Å². The lowest BCUT2D eigenvalue weighted by atomic mass is 9.95. The molecule has 0 spiro atoms. The van der Waals surface area contributed by atoms with Crippen LogP contribution in [0.5, 0.6) is 11.5 Å². The smallest absolute Gasteiger partial charge is 0.148 e. The first-order valence-corrected chi connectivity index (χ1v) is 14.0. The first kappa shape index (κ1) is 25.4. The number of hydrogen-bond donors (Lipinski definition) is 2. The standard InChI is InChI=1S/C29H39ClN4O2/c30-24-8-10-25(11-9-24)36-21-28-33-29-26(34(28)18-3-5-23-4-2-15-32-20-23)6-1-7-27(29)35-19-14-22-12-16-31-17-13-22/h1,6-11,22-23,31-32H,2-5,12-21H2. The summed E-state index contributed by atoms with van der Waals surface area (Å²) in [6.07, 6.45) is 8.57. The fourth-order valence-electron chi connectivity index (χ4n) is 5.54. The summed E-state index contributed by atoms with van der Waals surface area (Å²) >= 11 is 6.04. The molecule has 7 heteroatoms. The quantitative estimate of drug-likeness (QED) is 0.340. The van der Waals surface area contributed by atoms with E-state index >= 15 is 0 Å². The van der Waals surface area contributed by atoms with Gasteiger partial charge < -0.3 is 24.7 Å². The molecule has 0 radical (unpaired) electrons. The lowest BCUT2D eigenvalue weighted by molar-refractivity contribution is 0.253. The molecule has 6 nitrogen and oxygen atoms in total. The molecule has 2 aliphatic rings. The third-order valence-electron chi connectivity index (χ3n) is 7.64. The van der Waals surface area contributed by atoms with Crippen LogP contribution in [0.15, 0.2) is 42.5 Å². The second-order valence-corrected chi connectivity index (χ2v) is 10.7. The number of para-hydroxylation sites is 1. The monoisotopic (exact) mass is 510 g/mol. The minimum absolute atomic E-state index is 0.413. The molecule has 0 bridgehead atoms. The van der Waals surface area contributed by atoms with Gasteiger partial charge in [-0.15, -0.1) is 0 Å². The van der Waals surface area contributed by atoms with Gasteiger partial charge in [0.15, 0.2) is 0 Å². The predicted octanol–water partition coefficient (Wildman–Crippen LogP) is 5.82. The van der Waals surface area contributed by atoms with Gasteiger partial charge in [-0.2, -0.15) is 0 Å². The highest BCUT2D eigenvalue weighted by atomic mass is 35.5. The zero-order chi connectivity index (χ0) is 24.6. The highest BCUT2D eigenvalue weighted by Crippen LogP contribution is 2.29. The van der Waals surface area contributed by atoms with Crippen LogP contribution < -0.4 is 20.1 Å². The maximum atomic E-state index is 6.31. The van der Waals surface area contributed by atoms with Crippen molar-refractivity contribution in [2.75, 3.05) is 32.8 Å². The summed E-state index contributed by atoms with van der Waals surface area (Å²) in [6, 6.07) is 13.8. The Kier molecular flexibility index (Phi) is 9.02. The Morgan fingerprint density at radius 1 is 0.917 bits per heavy atom. The van der Waals surface area contributed by atoms with E-state index in [2.05, 4.69) is 33.4 Å². The Balaban J connectivity index is 1.30. The van der Waals surface area contributed by atoms with Gasteiger partial charge in [0.1, 0.15) is 29.4 Å². The van der Waals surface area contributed by atoms with Crippen LogP contribution in [0.3, 0.4) is 0 Å². The number of imidazole rings is 1. The van der Waals surface area contributed by atoms with Gasteiger partial charge in [0, 0.05) is 11.6 Å². The lowest BCUT2D eigenvalue weighted by Gasteiger charge is -2.22. The summed E-state index contributed by atoms with van der Waals surface area (Å²) in [5, 5.41) is 7.70. The van der Waals surface area contributed by atoms with Crippen molar-refractivity contribution >= 4 is 22.6 Å². The number of nitrogens with zero attached hydrogens (tertiary/aromatic N) is 2. The molecule has 2 N–H and O–H groups in total. The molecule has 1 unspecified atom stereocenters. The van der Waals surface area contributed by atoms with E-state index < -0.39 is 0 Å². The van der Waals surface area contributed by atoms with Crippen LogP contribution in [0, 0.1) is 11.8 Å². The molecule has 5 rings (SSSR count). The molecule has 36 heavy (non-hydrogen) atoms. The Labute approximate surface area is 219 Å². The first-order valence-electron chi connectivity index (χ1n) is 13.7. The molecule has 3 aromatic rings. The van der Waals surface area contributed by atoms with Gasteiger partial charge in [-0.1, -0.05) is 17.7 Å². The maximum Gasteiger partial charge on any atom is 0.148 e. The average molecular weight is 511 g/mol. The largest absolute Gasteiger partial charge is 0.491 e. The van der Waals surface area contributed by atoms with E-state index in [0.717, 1.165) is 92.4 Å². The minimum atomic E-state index is 0.413. The molecule has 0 saturated carbocycles. The van der Waals surface area contributed by atoms with Crippen LogP contribution in [0.25, 0.3) is 11.0 Å². The molecular formula is C29H39ClN4O2. The van der Waals surface area contributed by atoms with Crippen molar-refractivity contribution in [1.29, 1.82) is 0 Å². The van der Waals surface area contributed by atoms with Gasteiger partial charge in [-0.25, -0.2) is 4.98 Å². The van der Waals surface area contributed by atoms with Crippen molar-refractivity contribution in [3.05, 3.63) is 53.3 Å². The van der Waals surface area contributed by atoms with E-state index in [1.165, 1.54) is 32.1 Å². The highest BCUT2D eigenvalue weighted by molar-refractivity contribution is 6.30. The number of rotatable bonds is 11. The maximum absolute atomic E-state index is 6.31. The van der Waals surface area contributed by atoms with Crippen molar-refractivity contribution in [3.63, 3.8) is 0 Å². The third-order valence-corrected chi connectivity index (χ3v) is 7.89. The second-order valence-electron chi connectivity index (χ2n) is 10.2. The van der Waals surface area contributed by atoms with E-state index in [4.69, 9.17) is 26.1 Å². The van der Waals surface area contributed by atoms with Crippen molar-refractivity contribution in [2.45, 2.75) is 58.1 Å². The number of fused-ring (bicyclic) bond motifs is 1. The number of halogens is 1. The van der Waals surface area contributed by atoms with Crippen LogP contribution >= 0.6 is 11.6 Å². The second kappa shape index (κ2) is 12.8. The topological polar surface area (TPSA) is 60.3 Å². The van der Waals surface area contributed by atoms with Crippen LogP contribution in [0.2, 0.25) is 5.02 Å². The molecule has 2 aromatic carbocycles. The molecule has 0 amide bonds. The molecular weight excluding hydrogens is 472 g/mol. The SMILES string of the molecule is Clc1ccc(OCc2nc3c(OCCC4CCNCC4)cccc3n2CCCC2CCCNC2)cc1. The van der Waals surface area contributed by atoms with Gasteiger partial charge in [-0.05, 0) is 119 Å². The molecule has 3 heterocycles. The van der Waals surface area contributed by atoms with Gasteiger partial charge in [-0.3, -0.25) is 0 Å². The molecule has 194 valence electrons. The molecule has 1 atom stereocenters. The number of benzene rings is 2. The molecule has 2 aliphatic heterocycles. The summed E-state index contributed by atoms with van der Waals surface area (Å²) in [7, 11) is 0. The average Bonchev–Trinajstić information content (AvgIpc) is 3.28. The summed E-state index contributed by atoms with van der Waals surface area (Å²) in [5.74, 6) is 4.14. The molecule has 2 saturated heterocycles. The highest BCUT2D eigenvalue weighted by Gasteiger charge is 2.18. The first-order chi connectivity index (χ1) is 17.8. The van der Waals surface area contributed by atoms with Crippen molar-refractivity contribution in [1.82, 2.24) is 20.2 Å². The summed E-state index contributed by atoms with van der Waals surface area (Å²) in [5.41, 5.74) is 2.07. The molecule has 1 aromatic heterocycles. The zero-order valence-corrected chi connectivity index (χ0v) is 21.9. The zero-order valence-electron chi connectivity index (χ0n) is 21.2. The van der Waals surface area contributed by atoms with E-state index in [1.54, 1.807) is 0 Å². The number of aromatic nitrogens is 2. The van der Waals surface area contributed by atoms with Crippen LogP contribution in [-0.4, -0.2) is 42.3 Å². The fraction of sp³-hybridized carbons (Fsp3) is 0.552. The minimum Gasteiger partial charge on any atom is -0.491 e. The number of aryl methyl sites for hydroxylation is 1. The van der Waals surface area contributed by atoms with Crippen LogP contribution in [0.4, 0.5) is 0 Å². The Morgan fingerprint density at radius 3 is 2.58 bits per heavy atom. The van der Waals surface area contributed by atoms with E-state index in [1.807, 2.05) is 24.3 Å². The van der Waals surface area contributed by atoms with Gasteiger partial charge >= 0.3 is 0 Å². The molecule has 0 aliphatic carbocycles. The van der Waals surface area contributed by atoms with Crippen molar-refractivity contribution in [3.8, 4) is 11.5 Å². The predicted molar refractivity (Wildman–Crippen MR) is 146 cm³/mol. The lowest BCUT2D eigenvalue weighted by Crippen LogP contribution is -2.29. The number of nitrogens with one attached hydrogen (secondary N) is 2. The van der Waals surface area contributed by atoms with Crippen molar-refractivity contribution in [2.24, 2.45) is 11.8 Å². The Bertz CT molecular complexity index is 1090. The third kappa shape index (κ3) is 6.72. The normalized spacial score (nSPS) is 19.0. The Morgan fingerprint density at radius 2 is 1.78 bits per heavy atom. The van der Waals surface area contributed by atoms with Gasteiger partial charge in [0.2, 0.25) is 0 Å². The Hall–Kier alpha value is -2.28. The van der Waals surface area contributed by atoms with Crippen LogP contribution in [0.1, 0.15) is 50.8 Å². The van der Waals surface area contributed by atoms with Gasteiger partial charge in [0.25, 0.3) is 0 Å². The van der Waals surface area contributed by atoms with Gasteiger partial charge in [0.05, 0.1) is 12.1 Å². The summed E-state index contributed by atoms with van der Waals surface area (Å²) < 4.78 is 14.8. The van der Waals surface area contributed by atoms with E-state index in [-0.39, 0.29) is 0 Å².